The third kappa shape index (κ3) is 2.75. The highest BCUT2D eigenvalue weighted by molar-refractivity contribution is 7.89. The fourth-order valence-electron chi connectivity index (χ4n) is 3.33. The van der Waals surface area contributed by atoms with Gasteiger partial charge >= 0.3 is 0 Å². The number of nitrogens with zero attached hydrogens (tertiary/aromatic N) is 1. The second-order valence-corrected chi connectivity index (χ2v) is 10.4. The Morgan fingerprint density at radius 2 is 1.48 bits per heavy atom. The molecule has 0 fully saturated rings. The van der Waals surface area contributed by atoms with E-state index in [1.54, 1.807) is 0 Å². The summed E-state index contributed by atoms with van der Waals surface area (Å²) in [4.78, 5) is 2.23. The Labute approximate surface area is 140 Å². The predicted octanol–water partition coefficient (Wildman–Crippen LogP) is 4.52. The van der Waals surface area contributed by atoms with Crippen molar-refractivity contribution in [2.24, 2.45) is 0 Å². The molecular weight excluding hydrogens is 297 g/mol. The van der Waals surface area contributed by atoms with Gasteiger partial charge in [0.2, 0.25) is 0 Å². The lowest BCUT2D eigenvalue weighted by molar-refractivity contribution is 1.14. The van der Waals surface area contributed by atoms with E-state index in [-0.39, 0.29) is 0 Å². The summed E-state index contributed by atoms with van der Waals surface area (Å²) in [6, 6.07) is 24.5. The zero-order valence-electron chi connectivity index (χ0n) is 14.5. The second kappa shape index (κ2) is 6.34. The molecule has 3 rings (SSSR count). The van der Waals surface area contributed by atoms with E-state index in [0.29, 0.717) is 0 Å². The molecule has 0 saturated carbocycles. The maximum Gasteiger partial charge on any atom is 0.109 e. The normalized spacial score (nSPS) is 13.7. The van der Waals surface area contributed by atoms with Gasteiger partial charge in [-0.3, -0.25) is 0 Å². The van der Waals surface area contributed by atoms with Gasteiger partial charge in [0.1, 0.15) is 5.30 Å². The minimum atomic E-state index is -1.39. The molecule has 2 heteroatoms. The van der Waals surface area contributed by atoms with E-state index < -0.39 is 7.26 Å². The van der Waals surface area contributed by atoms with Crippen LogP contribution in [0.5, 0.6) is 0 Å². The predicted molar refractivity (Wildman–Crippen MR) is 107 cm³/mol. The van der Waals surface area contributed by atoms with Crippen LogP contribution in [0.2, 0.25) is 0 Å². The maximum atomic E-state index is 2.48. The number of hydrogen-bond acceptors (Lipinski definition) is 1. The highest BCUT2D eigenvalue weighted by atomic mass is 31.2. The summed E-state index contributed by atoms with van der Waals surface area (Å²) in [5.74, 6) is 0. The van der Waals surface area contributed by atoms with E-state index in [0.717, 1.165) is 0 Å². The molecule has 118 valence electrons. The lowest BCUT2D eigenvalue weighted by Gasteiger charge is -2.25. The van der Waals surface area contributed by atoms with Gasteiger partial charge in [-0.2, -0.15) is 0 Å². The van der Waals surface area contributed by atoms with Crippen LogP contribution in [-0.2, 0) is 0 Å². The summed E-state index contributed by atoms with van der Waals surface area (Å²) in [6.07, 6.45) is 1.18. The van der Waals surface area contributed by atoms with Crippen molar-refractivity contribution in [2.75, 3.05) is 31.8 Å². The molecule has 0 saturated heterocycles. The number of anilines is 1. The molecule has 23 heavy (non-hydrogen) atoms. The molecule has 0 spiro atoms. The minimum Gasteiger partial charge on any atom is -0.377 e. The van der Waals surface area contributed by atoms with Crippen LogP contribution in [0.15, 0.2) is 66.7 Å². The van der Waals surface area contributed by atoms with Crippen molar-refractivity contribution in [3.8, 4) is 0 Å². The molecule has 3 aromatic rings. The second-order valence-electron chi connectivity index (χ2n) is 6.39. The van der Waals surface area contributed by atoms with Crippen molar-refractivity contribution in [3.05, 3.63) is 66.7 Å². The van der Waals surface area contributed by atoms with Crippen LogP contribution >= 0.6 is 7.26 Å². The molecule has 0 radical (unpaired) electrons. The van der Waals surface area contributed by atoms with E-state index in [9.17, 15) is 0 Å². The number of rotatable bonds is 4. The topological polar surface area (TPSA) is 3.24 Å². The Morgan fingerprint density at radius 3 is 2.09 bits per heavy atom. The summed E-state index contributed by atoms with van der Waals surface area (Å²) < 4.78 is 0. The molecule has 0 bridgehead atoms. The Morgan fingerprint density at radius 1 is 0.826 bits per heavy atom. The first-order valence-electron chi connectivity index (χ1n) is 8.18. The largest absolute Gasteiger partial charge is 0.377 e. The first-order valence-corrected chi connectivity index (χ1v) is 10.6. The third-order valence-corrected chi connectivity index (χ3v) is 8.97. The van der Waals surface area contributed by atoms with Gasteiger partial charge in [-0.25, -0.2) is 0 Å². The highest BCUT2D eigenvalue weighted by Gasteiger charge is 2.37. The molecular formula is C21H25NP+. The van der Waals surface area contributed by atoms with E-state index in [4.69, 9.17) is 0 Å². The molecule has 0 N–H and O–H groups in total. The summed E-state index contributed by atoms with van der Waals surface area (Å²) in [7, 11) is 2.88. The lowest BCUT2D eigenvalue weighted by Crippen LogP contribution is -2.25. The lowest BCUT2D eigenvalue weighted by atomic mass is 10.1. The van der Waals surface area contributed by atoms with Gasteiger partial charge in [-0.1, -0.05) is 42.5 Å². The fourth-order valence-corrected chi connectivity index (χ4v) is 6.30. The molecule has 0 aromatic heterocycles. The summed E-state index contributed by atoms with van der Waals surface area (Å²) >= 11 is 0. The van der Waals surface area contributed by atoms with E-state index in [2.05, 4.69) is 99.3 Å². The molecule has 1 nitrogen and oxygen atoms in total. The van der Waals surface area contributed by atoms with Gasteiger partial charge < -0.3 is 4.90 Å². The van der Waals surface area contributed by atoms with Gasteiger partial charge in [0, 0.05) is 25.2 Å². The van der Waals surface area contributed by atoms with Crippen molar-refractivity contribution in [1.82, 2.24) is 0 Å². The molecule has 0 aliphatic rings. The van der Waals surface area contributed by atoms with Crippen molar-refractivity contribution in [2.45, 2.75) is 6.92 Å². The molecule has 0 amide bonds. The average molecular weight is 322 g/mol. The van der Waals surface area contributed by atoms with Crippen molar-refractivity contribution in [1.29, 1.82) is 0 Å². The molecule has 1 atom stereocenters. The first kappa shape index (κ1) is 16.0. The van der Waals surface area contributed by atoms with Gasteiger partial charge in [-0.15, -0.1) is 0 Å². The van der Waals surface area contributed by atoms with Crippen LogP contribution in [0.1, 0.15) is 6.92 Å². The minimum absolute atomic E-state index is 1.18. The zero-order valence-corrected chi connectivity index (χ0v) is 15.3. The highest BCUT2D eigenvalue weighted by Crippen LogP contribution is 2.54. The fraction of sp³-hybridized carbons (Fsp3) is 0.238. The van der Waals surface area contributed by atoms with Crippen molar-refractivity contribution < 1.29 is 0 Å². The number of benzene rings is 3. The van der Waals surface area contributed by atoms with E-state index in [1.807, 2.05) is 0 Å². The van der Waals surface area contributed by atoms with Crippen LogP contribution in [-0.4, -0.2) is 26.9 Å². The van der Waals surface area contributed by atoms with Crippen LogP contribution < -0.4 is 15.5 Å². The van der Waals surface area contributed by atoms with Crippen LogP contribution in [0.4, 0.5) is 5.69 Å². The van der Waals surface area contributed by atoms with E-state index >= 15 is 0 Å². The van der Waals surface area contributed by atoms with Gasteiger partial charge in [-0.05, 0) is 36.6 Å². The first-order chi connectivity index (χ1) is 11.1. The van der Waals surface area contributed by atoms with Gasteiger partial charge in [0.15, 0.2) is 0 Å². The molecule has 0 aliphatic carbocycles. The average Bonchev–Trinajstić information content (AvgIpc) is 2.60. The zero-order chi connectivity index (χ0) is 16.4. The summed E-state index contributed by atoms with van der Waals surface area (Å²) in [5, 5.41) is 5.77. The Balaban J connectivity index is 2.34. The van der Waals surface area contributed by atoms with Crippen LogP contribution in [0.3, 0.4) is 0 Å². The van der Waals surface area contributed by atoms with Crippen molar-refractivity contribution >= 4 is 34.3 Å². The van der Waals surface area contributed by atoms with Crippen molar-refractivity contribution in [3.63, 3.8) is 0 Å². The quantitative estimate of drug-likeness (QED) is 0.638. The summed E-state index contributed by atoms with van der Waals surface area (Å²) in [5.41, 5.74) is 1.31. The van der Waals surface area contributed by atoms with E-state index in [1.165, 1.54) is 33.2 Å². The number of fused-ring (bicyclic) bond motifs is 1. The Hall–Kier alpha value is -1.85. The Kier molecular flexibility index (Phi) is 4.41. The molecule has 0 aliphatic heterocycles. The molecule has 3 aromatic carbocycles. The molecule has 0 heterocycles. The van der Waals surface area contributed by atoms with Gasteiger partial charge in [0.25, 0.3) is 0 Å². The monoisotopic (exact) mass is 322 g/mol. The standard InChI is InChI=1S/C21H25NP/c1-5-23(4,18-13-7-6-8-14-18)20-16-10-12-17-11-9-15-19(21(17)20)22(2)3/h6-16H,5H2,1-4H3/q+1. The SMILES string of the molecule is CC[P+](C)(c1ccccc1)c1cccc2cccc(N(C)C)c12. The number of hydrogen-bond donors (Lipinski definition) is 0. The van der Waals surface area contributed by atoms with Crippen LogP contribution in [0, 0.1) is 0 Å². The summed E-state index contributed by atoms with van der Waals surface area (Å²) in [6.45, 7) is 4.81. The smallest absolute Gasteiger partial charge is 0.109 e. The maximum absolute atomic E-state index is 2.48. The Bertz CT molecular complexity index is 805. The van der Waals surface area contributed by atoms with Crippen LogP contribution in [0.25, 0.3) is 10.8 Å². The van der Waals surface area contributed by atoms with Gasteiger partial charge in [0.05, 0.1) is 25.4 Å². The third-order valence-electron chi connectivity index (χ3n) is 4.83. The molecule has 1 unspecified atom stereocenters.